The summed E-state index contributed by atoms with van der Waals surface area (Å²) in [6.07, 6.45) is 0. The van der Waals surface area contributed by atoms with Crippen LogP contribution in [0.25, 0.3) is 0 Å². The Morgan fingerprint density at radius 3 is 0.880 bits per heavy atom. The van der Waals surface area contributed by atoms with Gasteiger partial charge in [-0.05, 0) is 0 Å². The van der Waals surface area contributed by atoms with Gasteiger partial charge < -0.3 is 0 Å². The normalized spacial score (nSPS) is 10.6. The molecule has 0 unspecified atom stereocenters. The van der Waals surface area contributed by atoms with Gasteiger partial charge in [-0.25, -0.2) is 0 Å². The molecule has 4 heteroatoms. The molecule has 0 aliphatic carbocycles. The van der Waals surface area contributed by atoms with Crippen molar-refractivity contribution in [1.82, 2.24) is 0 Å². The first-order chi connectivity index (χ1) is 12.2. The molecule has 0 heterocycles. The van der Waals surface area contributed by atoms with Gasteiger partial charge in [-0.1, -0.05) is 0 Å². The van der Waals surface area contributed by atoms with Crippen molar-refractivity contribution < 1.29 is 14.2 Å². The third-order valence-electron chi connectivity index (χ3n) is 4.14. The van der Waals surface area contributed by atoms with E-state index >= 15 is 0 Å². The number of hydrogen-bond donors (Lipinski definition) is 0. The zero-order valence-corrected chi connectivity index (χ0v) is 18.5. The summed E-state index contributed by atoms with van der Waals surface area (Å²) in [4.78, 5) is 0. The Kier molecular flexibility index (Phi) is 5.96. The van der Waals surface area contributed by atoms with Crippen molar-refractivity contribution in [2.75, 3.05) is 21.3 Å². The van der Waals surface area contributed by atoms with E-state index in [2.05, 4.69) is 36.4 Å². The summed E-state index contributed by atoms with van der Waals surface area (Å²) in [5.74, 6) is 2.66. The van der Waals surface area contributed by atoms with Crippen molar-refractivity contribution in [3.8, 4) is 17.2 Å². The minimum atomic E-state index is -2.48. The minimum absolute atomic E-state index is 0.888. The number of benzene rings is 3. The molecule has 0 N–H and O–H groups in total. The summed E-state index contributed by atoms with van der Waals surface area (Å²) < 4.78 is 20.2. The zero-order valence-electron chi connectivity index (χ0n) is 14.7. The Balaban J connectivity index is 2.04. The Bertz CT molecular complexity index is 683. The van der Waals surface area contributed by atoms with E-state index in [-0.39, 0.29) is 0 Å². The molecule has 3 aromatic rings. The molecule has 3 rings (SSSR count). The first kappa shape index (κ1) is 17.8. The van der Waals surface area contributed by atoms with Gasteiger partial charge in [0.2, 0.25) is 0 Å². The van der Waals surface area contributed by atoms with Gasteiger partial charge in [-0.3, -0.25) is 0 Å². The van der Waals surface area contributed by atoms with Crippen LogP contribution in [0.15, 0.2) is 72.8 Å². The van der Waals surface area contributed by atoms with Crippen molar-refractivity contribution in [1.29, 1.82) is 0 Å². The molecule has 0 fully saturated rings. The number of hydrogen-bond acceptors (Lipinski definition) is 3. The van der Waals surface area contributed by atoms with Crippen molar-refractivity contribution in [2.24, 2.45) is 0 Å². The third-order valence-corrected chi connectivity index (χ3v) is 14.8. The van der Waals surface area contributed by atoms with Gasteiger partial charge in [0.15, 0.2) is 0 Å². The molecule has 3 nitrogen and oxygen atoms in total. The van der Waals surface area contributed by atoms with E-state index in [0.29, 0.717) is 0 Å². The monoisotopic (exact) mass is 529 g/mol. The number of rotatable bonds is 6. The predicted octanol–water partition coefficient (Wildman–Crippen LogP) is 2.23. The molecule has 0 atom stereocenters. The second-order valence-corrected chi connectivity index (χ2v) is 15.2. The van der Waals surface area contributed by atoms with Gasteiger partial charge in [0.25, 0.3) is 0 Å². The second-order valence-electron chi connectivity index (χ2n) is 5.56. The molecular weight excluding hydrogens is 507 g/mol. The third kappa shape index (κ3) is 4.15. The molecule has 0 saturated heterocycles. The molecule has 0 saturated carbocycles. The van der Waals surface area contributed by atoms with Gasteiger partial charge in [0.1, 0.15) is 0 Å². The van der Waals surface area contributed by atoms with Crippen LogP contribution in [0.2, 0.25) is 0 Å². The molecule has 0 spiro atoms. The fourth-order valence-electron chi connectivity index (χ4n) is 2.77. The van der Waals surface area contributed by atoms with Gasteiger partial charge in [0.05, 0.1) is 0 Å². The molecule has 1 radical (unpaired) electrons. The van der Waals surface area contributed by atoms with Crippen LogP contribution in [0.4, 0.5) is 0 Å². The summed E-state index contributed by atoms with van der Waals surface area (Å²) in [5, 5.41) is 0. The van der Waals surface area contributed by atoms with E-state index in [1.54, 1.807) is 21.3 Å². The molecular formula is C21H21O3Pb. The zero-order chi connectivity index (χ0) is 17.6. The van der Waals surface area contributed by atoms with E-state index in [4.69, 9.17) is 14.2 Å². The Morgan fingerprint density at radius 1 is 0.440 bits per heavy atom. The number of methoxy groups -OCH3 is 3. The van der Waals surface area contributed by atoms with Crippen LogP contribution >= 0.6 is 0 Å². The summed E-state index contributed by atoms with van der Waals surface area (Å²) in [7, 11) is 5.09. The van der Waals surface area contributed by atoms with Crippen LogP contribution in [0, 0.1) is 0 Å². The maximum atomic E-state index is 5.31. The van der Waals surface area contributed by atoms with Crippen LogP contribution in [0.1, 0.15) is 0 Å². The maximum absolute atomic E-state index is 5.31. The fraction of sp³-hybridized carbons (Fsp3) is 0.143. The summed E-state index contributed by atoms with van der Waals surface area (Å²) in [6, 6.07) is 25.5. The van der Waals surface area contributed by atoms with Crippen molar-refractivity contribution in [2.45, 2.75) is 0 Å². The predicted molar refractivity (Wildman–Crippen MR) is 104 cm³/mol. The standard InChI is InChI=1S/3C7H7O.Pb/c3*1-8-7-5-3-2-4-6-7;/h3*3-6H,1H3;. The van der Waals surface area contributed by atoms with E-state index in [1.165, 1.54) is 9.37 Å². The van der Waals surface area contributed by atoms with Gasteiger partial charge >= 0.3 is 158 Å². The second kappa shape index (κ2) is 8.38. The molecule has 0 aliphatic rings. The summed E-state index contributed by atoms with van der Waals surface area (Å²) >= 11 is -2.48. The molecule has 25 heavy (non-hydrogen) atoms. The van der Waals surface area contributed by atoms with Crippen LogP contribution < -0.4 is 23.6 Å². The fourth-order valence-corrected chi connectivity index (χ4v) is 12.5. The van der Waals surface area contributed by atoms with Crippen LogP contribution in [0.3, 0.4) is 0 Å². The summed E-state index contributed by atoms with van der Waals surface area (Å²) in [5.41, 5.74) is 0. The summed E-state index contributed by atoms with van der Waals surface area (Å²) in [6.45, 7) is 0. The Labute approximate surface area is 157 Å². The Morgan fingerprint density at radius 2 is 0.680 bits per heavy atom. The van der Waals surface area contributed by atoms with Crippen molar-refractivity contribution >= 4 is 32.1 Å². The van der Waals surface area contributed by atoms with Gasteiger partial charge in [-0.2, -0.15) is 0 Å². The van der Waals surface area contributed by atoms with Crippen molar-refractivity contribution in [3.05, 3.63) is 72.8 Å². The van der Waals surface area contributed by atoms with Gasteiger partial charge in [0, 0.05) is 0 Å². The van der Waals surface area contributed by atoms with E-state index in [9.17, 15) is 0 Å². The average Bonchev–Trinajstić information content (AvgIpc) is 2.70. The van der Waals surface area contributed by atoms with Crippen LogP contribution in [0.5, 0.6) is 17.2 Å². The molecule has 0 bridgehead atoms. The van der Waals surface area contributed by atoms with Gasteiger partial charge in [-0.15, -0.1) is 0 Å². The SMILES string of the molecule is COc1cc[c]([Pb]([c]2ccc(OC)cc2)[c]2ccc(OC)cc2)cc1. The quantitative estimate of drug-likeness (QED) is 0.460. The topological polar surface area (TPSA) is 27.7 Å². The van der Waals surface area contributed by atoms with Crippen LogP contribution in [-0.2, 0) is 0 Å². The van der Waals surface area contributed by atoms with E-state index in [0.717, 1.165) is 17.2 Å². The average molecular weight is 529 g/mol. The van der Waals surface area contributed by atoms with E-state index < -0.39 is 22.7 Å². The molecule has 127 valence electrons. The van der Waals surface area contributed by atoms with Crippen molar-refractivity contribution in [3.63, 3.8) is 0 Å². The number of ether oxygens (including phenoxy) is 3. The molecule has 0 aliphatic heterocycles. The van der Waals surface area contributed by atoms with E-state index in [1.807, 2.05) is 36.4 Å². The Hall–Kier alpha value is -2.02. The molecule has 0 amide bonds. The molecule has 0 aromatic heterocycles. The molecule has 3 aromatic carbocycles. The first-order valence-electron chi connectivity index (χ1n) is 8.05. The first-order valence-corrected chi connectivity index (χ1v) is 13.9. The van der Waals surface area contributed by atoms with Crippen LogP contribution in [-0.4, -0.2) is 44.0 Å².